The molecule has 0 saturated heterocycles. The normalized spacial score (nSPS) is 107. The Bertz CT molecular complexity index is 3680. The van der Waals surface area contributed by atoms with Crippen molar-refractivity contribution in [2.24, 2.45) is 275 Å². The number of hydrogen-bond acceptors (Lipinski definition) is 1. The maximum Gasteiger partial charge on any atom is 0.0676 e. The van der Waals surface area contributed by atoms with E-state index >= 15 is 0 Å². The Kier molecular flexibility index (Phi) is 3.29. The maximum absolute atomic E-state index is 13.5. The summed E-state index contributed by atoms with van der Waals surface area (Å²) in [5, 5.41) is 13.5. The second-order valence-electron chi connectivity index (χ2n) is 40.6. The lowest BCUT2D eigenvalue weighted by Crippen LogP contribution is -3.47. The second-order valence-corrected chi connectivity index (χ2v) is 40.6. The molecule has 50 atom stereocenters. The van der Waals surface area contributed by atoms with Gasteiger partial charge in [-0.2, -0.15) is 0 Å². The molecular weight excluding hydrogens is 893 g/mol. The SMILES string of the molecule is CCC1C23C(C)C45C(C)C67C(C)C89C(C)C%10(C)C%11(C)C(C)C%12(C(C)C%13(C(C)C%14(C(C)C%15(C(C)C%16%17C(C)C%18%19C(C)C%20%21C(C)C%22%23C(O)C%24(C)C%25%26C(CC%27CC%27C)C%25C%25(C(C)C%27(C(C)C%28(C(C)C1(C%18%28%16)C%152%17)C%20%27%19)C%22%25%21)C%24%26%23)C%1443)C%1365)C%1287)C%11%109. The van der Waals surface area contributed by atoms with E-state index in [9.17, 15) is 5.11 Å². The Morgan fingerprint density at radius 2 is 0.581 bits per heavy atom. The van der Waals surface area contributed by atoms with Crippen LogP contribution in [0.2, 0.25) is 0 Å². The Morgan fingerprint density at radius 1 is 0.311 bits per heavy atom. The highest BCUT2D eigenvalue weighted by Crippen LogP contribution is 3.54. The highest BCUT2D eigenvalue weighted by Gasteiger charge is 3.53. The van der Waals surface area contributed by atoms with E-state index in [1.165, 1.54) is 12.8 Å². The van der Waals surface area contributed by atoms with Gasteiger partial charge >= 0.3 is 0 Å². The molecule has 30 aliphatic rings. The predicted octanol–water partition coefficient (Wildman–Crippen LogP) is 13.3. The molecule has 74 heavy (non-hydrogen) atoms. The maximum atomic E-state index is 13.5. The van der Waals surface area contributed by atoms with Crippen LogP contribution in [0.3, 0.4) is 0 Å². The van der Waals surface area contributed by atoms with Crippen LogP contribution in [-0.2, 0) is 0 Å². The van der Waals surface area contributed by atoms with Gasteiger partial charge in [-0.1, -0.05) is 145 Å². The average Bonchev–Trinajstić information content (AvgIpc) is 0.681. The number of aliphatic hydroxyl groups is 1. The Morgan fingerprint density at radius 3 is 0.919 bits per heavy atom. The summed E-state index contributed by atoms with van der Waals surface area (Å²) in [6.07, 6.45) is 4.61. The molecule has 0 aromatic carbocycles. The molecule has 0 aromatic rings. The van der Waals surface area contributed by atoms with E-state index in [-0.39, 0.29) is 11.5 Å². The number of aliphatic hydroxyl groups excluding tert-OH is 1. The predicted molar refractivity (Wildman–Crippen MR) is 274 cm³/mol. The molecule has 0 heterocycles. The molecular formula is C73H88O. The van der Waals surface area contributed by atoms with Crippen LogP contribution in [-0.4, -0.2) is 11.2 Å². The Labute approximate surface area is 442 Å². The lowest BCUT2D eigenvalue weighted by molar-refractivity contribution is -1.03. The van der Waals surface area contributed by atoms with E-state index in [2.05, 4.69) is 138 Å². The summed E-state index contributed by atoms with van der Waals surface area (Å²) in [5.74, 6) is 19.2. The van der Waals surface area contributed by atoms with Crippen molar-refractivity contribution in [2.75, 3.05) is 0 Å². The minimum Gasteiger partial charge on any atom is -0.392 e. The van der Waals surface area contributed by atoms with Crippen molar-refractivity contribution in [1.29, 1.82) is 0 Å². The van der Waals surface area contributed by atoms with Crippen LogP contribution >= 0.6 is 0 Å². The summed E-state index contributed by atoms with van der Waals surface area (Å²) in [5.41, 5.74) is 17.9. The van der Waals surface area contributed by atoms with Crippen molar-refractivity contribution in [3.05, 3.63) is 0 Å². The van der Waals surface area contributed by atoms with Crippen LogP contribution in [0.5, 0.6) is 0 Å². The minimum atomic E-state index is 0.0162. The van der Waals surface area contributed by atoms with Gasteiger partial charge in [0.2, 0.25) is 0 Å². The van der Waals surface area contributed by atoms with Crippen molar-refractivity contribution in [3.63, 3.8) is 0 Å². The zero-order chi connectivity index (χ0) is 49.7. The zero-order valence-electron chi connectivity index (χ0n) is 49.2. The van der Waals surface area contributed by atoms with Crippen LogP contribution < -0.4 is 0 Å². The topological polar surface area (TPSA) is 20.2 Å². The van der Waals surface area contributed by atoms with Gasteiger partial charge in [-0.05, 0) is 272 Å². The average molecular weight is 982 g/mol. The van der Waals surface area contributed by atoms with E-state index in [1.54, 1.807) is 6.42 Å². The first-order valence-electron chi connectivity index (χ1n) is 34.6. The van der Waals surface area contributed by atoms with Crippen LogP contribution in [0.4, 0.5) is 0 Å². The fourth-order valence-electron chi connectivity index (χ4n) is 61.2. The van der Waals surface area contributed by atoms with Gasteiger partial charge in [0.1, 0.15) is 0 Å². The zero-order valence-corrected chi connectivity index (χ0v) is 49.2. The minimum absolute atomic E-state index is 0.0162. The molecule has 30 saturated carbocycles. The summed E-state index contributed by atoms with van der Waals surface area (Å²) in [6, 6.07) is 0. The van der Waals surface area contributed by atoms with E-state index in [1.807, 2.05) is 0 Å². The number of hydrogen-bond donors (Lipinski definition) is 1. The van der Waals surface area contributed by atoms with Crippen molar-refractivity contribution in [1.82, 2.24) is 0 Å². The molecule has 0 radical (unpaired) electrons. The van der Waals surface area contributed by atoms with E-state index in [4.69, 9.17) is 0 Å². The summed E-state index contributed by atoms with van der Waals surface area (Å²) in [6.45, 7) is 59.7. The molecule has 30 rings (SSSR count). The quantitative estimate of drug-likeness (QED) is 0.299. The number of rotatable bonds is 3. The first kappa shape index (κ1) is 37.1. The van der Waals surface area contributed by atoms with Gasteiger partial charge in [-0.15, -0.1) is 0 Å². The molecule has 50 unspecified atom stereocenters. The van der Waals surface area contributed by atoms with E-state index in [0.717, 1.165) is 124 Å². The third-order valence-electron chi connectivity index (χ3n) is 51.7. The van der Waals surface area contributed by atoms with Gasteiger partial charge in [0.25, 0.3) is 0 Å². The van der Waals surface area contributed by atoms with Crippen molar-refractivity contribution in [2.45, 2.75) is 164 Å². The molecule has 1 N–H and O–H groups in total. The van der Waals surface area contributed by atoms with Crippen LogP contribution in [0, 0.1) is 275 Å². The first-order chi connectivity index (χ1) is 34.9. The molecule has 1 nitrogen and oxygen atoms in total. The Hall–Kier alpha value is -0.0400. The van der Waals surface area contributed by atoms with Gasteiger partial charge in [0.05, 0.1) is 6.10 Å². The molecule has 0 aromatic heterocycles. The lowest BCUT2D eigenvalue weighted by Gasteiger charge is -3.48. The van der Waals surface area contributed by atoms with Crippen LogP contribution in [0.1, 0.15) is 158 Å². The molecule has 30 fully saturated rings. The molecule has 386 valence electrons. The van der Waals surface area contributed by atoms with Gasteiger partial charge in [-0.25, -0.2) is 0 Å². The highest BCUT2D eigenvalue weighted by molar-refractivity contribution is 5.98. The molecule has 30 aliphatic carbocycles. The largest absolute Gasteiger partial charge is 0.392 e. The van der Waals surface area contributed by atoms with Crippen molar-refractivity contribution < 1.29 is 5.11 Å². The summed E-state index contributed by atoms with van der Waals surface area (Å²) >= 11 is 0. The molecule has 0 aliphatic heterocycles. The van der Waals surface area contributed by atoms with Crippen LogP contribution in [0.25, 0.3) is 0 Å². The Balaban J connectivity index is 0.639. The fraction of sp³-hybridized carbons (Fsp3) is 1.00. The molecule has 0 bridgehead atoms. The first-order valence-corrected chi connectivity index (χ1v) is 34.6. The van der Waals surface area contributed by atoms with Crippen LogP contribution in [0.15, 0.2) is 0 Å². The monoisotopic (exact) mass is 981 g/mol. The summed E-state index contributed by atoms with van der Waals surface area (Å²) in [4.78, 5) is 0. The van der Waals surface area contributed by atoms with Crippen molar-refractivity contribution in [3.8, 4) is 0 Å². The fourth-order valence-corrected chi connectivity index (χ4v) is 61.2. The third-order valence-corrected chi connectivity index (χ3v) is 51.7. The van der Waals surface area contributed by atoms with Crippen molar-refractivity contribution >= 4 is 0 Å². The van der Waals surface area contributed by atoms with E-state index < -0.39 is 0 Å². The summed E-state index contributed by atoms with van der Waals surface area (Å²) < 4.78 is 0. The van der Waals surface area contributed by atoms with E-state index in [0.29, 0.717) is 146 Å². The van der Waals surface area contributed by atoms with Gasteiger partial charge < -0.3 is 5.11 Å². The summed E-state index contributed by atoms with van der Waals surface area (Å²) in [7, 11) is 0. The lowest BCUT2D eigenvalue weighted by atomic mass is 8.54. The standard InChI is InChI=1S/C73H88O/c1-21-42-60-36(14)56-30(8)51-28(6)49-26(4)46(19)45(18)25(3)48(65(45,46)49)27(5)50(67(48,49)51)29(7)52(68(50,51)56)31(9)54(70(52,56)60)34(12)55-32(10)53-33(11)59-39(17)63-44(74)47(20)64-41(23-40-22-24(40)2)43(64)62(66(47,63)64)38(16)58(73(59,62)63)35(13)57(69(53,58)59)37(15)61(42,71(53,55)57)72(54,55)60/h24-44,74H,21-23H2,1-20H3. The smallest absolute Gasteiger partial charge is 0.0676 e. The third kappa shape index (κ3) is 1.10. The van der Waals surface area contributed by atoms with Gasteiger partial charge in [0.15, 0.2) is 0 Å². The molecule has 26 spiro atoms. The van der Waals surface area contributed by atoms with Gasteiger partial charge in [-0.3, -0.25) is 0 Å². The van der Waals surface area contributed by atoms with Gasteiger partial charge in [0, 0.05) is 16.2 Å². The highest BCUT2D eigenvalue weighted by atomic mass is 16.3. The molecule has 1 heteroatoms. The number of fused-ring (bicyclic) bond motifs is 1. The molecule has 0 amide bonds. The second kappa shape index (κ2) is 6.56.